The summed E-state index contributed by atoms with van der Waals surface area (Å²) < 4.78 is 1.60. The molecule has 19 heavy (non-hydrogen) atoms. The van der Waals surface area contributed by atoms with E-state index in [1.807, 2.05) is 0 Å². The number of nitrogens with one attached hydrogen (secondary N) is 1. The van der Waals surface area contributed by atoms with Crippen molar-refractivity contribution in [3.63, 3.8) is 0 Å². The summed E-state index contributed by atoms with van der Waals surface area (Å²) in [6.45, 7) is 0.484. The number of hydrogen-bond donors (Lipinski definition) is 3. The first kappa shape index (κ1) is 12.8. The predicted octanol–water partition coefficient (Wildman–Crippen LogP) is -0.366. The van der Waals surface area contributed by atoms with Gasteiger partial charge in [0.1, 0.15) is 0 Å². The van der Waals surface area contributed by atoms with Crippen molar-refractivity contribution < 1.29 is 9.59 Å². The Morgan fingerprint density at radius 3 is 2.42 bits per heavy atom. The molecule has 1 aromatic heterocycles. The number of hydrogen-bond acceptors (Lipinski definition) is 4. The minimum Gasteiger partial charge on any atom is -0.366 e. The van der Waals surface area contributed by atoms with Gasteiger partial charge in [-0.15, -0.1) is 0 Å². The SMILES string of the molecule is NNC(=O)c1ccc(Cn2cc(C(N)=O)cn2)cc1. The van der Waals surface area contributed by atoms with Gasteiger partial charge in [-0.3, -0.25) is 19.7 Å². The van der Waals surface area contributed by atoms with Gasteiger partial charge in [0.25, 0.3) is 11.8 Å². The topological polar surface area (TPSA) is 116 Å². The zero-order chi connectivity index (χ0) is 13.8. The molecule has 98 valence electrons. The maximum atomic E-state index is 11.3. The molecule has 0 radical (unpaired) electrons. The Morgan fingerprint density at radius 2 is 1.89 bits per heavy atom. The van der Waals surface area contributed by atoms with Crippen LogP contribution in [0.2, 0.25) is 0 Å². The molecule has 0 aliphatic rings. The van der Waals surface area contributed by atoms with Crippen molar-refractivity contribution in [2.75, 3.05) is 0 Å². The van der Waals surface area contributed by atoms with Crippen LogP contribution in [0.5, 0.6) is 0 Å². The third-order valence-corrected chi connectivity index (χ3v) is 2.61. The molecule has 0 spiro atoms. The van der Waals surface area contributed by atoms with Crippen LogP contribution in [0.3, 0.4) is 0 Å². The lowest BCUT2D eigenvalue weighted by molar-refractivity contribution is 0.0952. The van der Waals surface area contributed by atoms with E-state index < -0.39 is 5.91 Å². The smallest absolute Gasteiger partial charge is 0.265 e. The van der Waals surface area contributed by atoms with Crippen molar-refractivity contribution in [2.45, 2.75) is 6.54 Å². The first-order valence-corrected chi connectivity index (χ1v) is 5.52. The number of carbonyl (C=O) groups is 2. The fourth-order valence-electron chi connectivity index (χ4n) is 1.61. The molecule has 0 unspecified atom stereocenters. The van der Waals surface area contributed by atoms with Gasteiger partial charge >= 0.3 is 0 Å². The van der Waals surface area contributed by atoms with Crippen molar-refractivity contribution in [1.29, 1.82) is 0 Å². The molecule has 1 aromatic carbocycles. The van der Waals surface area contributed by atoms with Crippen molar-refractivity contribution in [1.82, 2.24) is 15.2 Å². The molecule has 1 heterocycles. The third kappa shape index (κ3) is 2.96. The summed E-state index contributed by atoms with van der Waals surface area (Å²) in [5.74, 6) is 4.18. The molecule has 0 atom stereocenters. The average Bonchev–Trinajstić information content (AvgIpc) is 2.87. The van der Waals surface area contributed by atoms with Crippen LogP contribution < -0.4 is 17.0 Å². The molecule has 0 saturated heterocycles. The molecule has 0 saturated carbocycles. The van der Waals surface area contributed by atoms with E-state index in [1.165, 1.54) is 6.20 Å². The van der Waals surface area contributed by atoms with Crippen LogP contribution in [0, 0.1) is 0 Å². The highest BCUT2D eigenvalue weighted by atomic mass is 16.2. The van der Waals surface area contributed by atoms with Gasteiger partial charge in [0.05, 0.1) is 18.3 Å². The highest BCUT2D eigenvalue weighted by Gasteiger charge is 2.06. The normalized spacial score (nSPS) is 10.2. The lowest BCUT2D eigenvalue weighted by atomic mass is 10.1. The van der Waals surface area contributed by atoms with Crippen LogP contribution in [0.4, 0.5) is 0 Å². The molecule has 0 aliphatic carbocycles. The van der Waals surface area contributed by atoms with Crippen LogP contribution in [-0.4, -0.2) is 21.6 Å². The summed E-state index contributed by atoms with van der Waals surface area (Å²) in [5.41, 5.74) is 8.97. The third-order valence-electron chi connectivity index (χ3n) is 2.61. The predicted molar refractivity (Wildman–Crippen MR) is 67.9 cm³/mol. The molecule has 5 N–H and O–H groups in total. The maximum Gasteiger partial charge on any atom is 0.265 e. The van der Waals surface area contributed by atoms with E-state index in [2.05, 4.69) is 10.5 Å². The van der Waals surface area contributed by atoms with Gasteiger partial charge in [-0.1, -0.05) is 12.1 Å². The Bertz CT molecular complexity index is 603. The second-order valence-electron chi connectivity index (χ2n) is 3.96. The molecule has 7 nitrogen and oxygen atoms in total. The number of carbonyl (C=O) groups excluding carboxylic acids is 2. The van der Waals surface area contributed by atoms with E-state index in [4.69, 9.17) is 11.6 Å². The first-order valence-electron chi connectivity index (χ1n) is 5.52. The number of rotatable bonds is 4. The van der Waals surface area contributed by atoms with Gasteiger partial charge in [-0.2, -0.15) is 5.10 Å². The monoisotopic (exact) mass is 259 g/mol. The molecular weight excluding hydrogens is 246 g/mol. The van der Waals surface area contributed by atoms with E-state index in [1.54, 1.807) is 35.1 Å². The molecule has 7 heteroatoms. The average molecular weight is 259 g/mol. The van der Waals surface area contributed by atoms with E-state index in [9.17, 15) is 9.59 Å². The van der Waals surface area contributed by atoms with E-state index >= 15 is 0 Å². The quantitative estimate of drug-likeness (QED) is 0.394. The zero-order valence-corrected chi connectivity index (χ0v) is 10.0. The number of benzene rings is 1. The van der Waals surface area contributed by atoms with Crippen molar-refractivity contribution in [3.8, 4) is 0 Å². The fraction of sp³-hybridized carbons (Fsp3) is 0.0833. The van der Waals surface area contributed by atoms with Gasteiger partial charge in [-0.05, 0) is 17.7 Å². The van der Waals surface area contributed by atoms with Crippen molar-refractivity contribution in [3.05, 3.63) is 53.3 Å². The minimum absolute atomic E-state index is 0.346. The Kier molecular flexibility index (Phi) is 3.58. The van der Waals surface area contributed by atoms with E-state index in [0.29, 0.717) is 17.7 Å². The molecule has 2 rings (SSSR count). The molecule has 0 fully saturated rings. The summed E-state index contributed by atoms with van der Waals surface area (Å²) >= 11 is 0. The summed E-state index contributed by atoms with van der Waals surface area (Å²) in [6.07, 6.45) is 2.99. The van der Waals surface area contributed by atoms with Crippen LogP contribution >= 0.6 is 0 Å². The highest BCUT2D eigenvalue weighted by Crippen LogP contribution is 2.07. The molecule has 0 aliphatic heterocycles. The van der Waals surface area contributed by atoms with Crippen LogP contribution in [0.15, 0.2) is 36.7 Å². The molecule has 0 bridgehead atoms. The van der Waals surface area contributed by atoms with Crippen LogP contribution in [0.25, 0.3) is 0 Å². The lowest BCUT2D eigenvalue weighted by Gasteiger charge is -2.03. The second kappa shape index (κ2) is 5.32. The van der Waals surface area contributed by atoms with Crippen LogP contribution in [-0.2, 0) is 6.54 Å². The lowest BCUT2D eigenvalue weighted by Crippen LogP contribution is -2.29. The Hall–Kier alpha value is -2.67. The Morgan fingerprint density at radius 1 is 1.21 bits per heavy atom. The van der Waals surface area contributed by atoms with Crippen LogP contribution in [0.1, 0.15) is 26.3 Å². The van der Waals surface area contributed by atoms with Gasteiger partial charge in [0.2, 0.25) is 0 Å². The number of nitrogens with two attached hydrogens (primary N) is 2. The van der Waals surface area contributed by atoms with E-state index in [-0.39, 0.29) is 5.91 Å². The highest BCUT2D eigenvalue weighted by molar-refractivity contribution is 5.93. The number of aromatic nitrogens is 2. The van der Waals surface area contributed by atoms with Crippen molar-refractivity contribution in [2.24, 2.45) is 11.6 Å². The second-order valence-corrected chi connectivity index (χ2v) is 3.96. The fourth-order valence-corrected chi connectivity index (χ4v) is 1.61. The Labute approximate surface area is 109 Å². The minimum atomic E-state index is -0.513. The number of nitrogens with zero attached hydrogens (tertiary/aromatic N) is 2. The summed E-state index contributed by atoms with van der Waals surface area (Å²) in [5, 5.41) is 4.02. The number of nitrogen functional groups attached to an aromatic ring is 1. The summed E-state index contributed by atoms with van der Waals surface area (Å²) in [6, 6.07) is 6.90. The van der Waals surface area contributed by atoms with E-state index in [0.717, 1.165) is 5.56 Å². The number of primary amides is 1. The summed E-state index contributed by atoms with van der Waals surface area (Å²) in [4.78, 5) is 22.2. The Balaban J connectivity index is 2.10. The molecule has 2 amide bonds. The van der Waals surface area contributed by atoms with Gasteiger partial charge in [0, 0.05) is 11.8 Å². The number of amides is 2. The number of hydrazine groups is 1. The molecular formula is C12H13N5O2. The maximum absolute atomic E-state index is 11.3. The first-order chi connectivity index (χ1) is 9.10. The van der Waals surface area contributed by atoms with Crippen molar-refractivity contribution >= 4 is 11.8 Å². The largest absolute Gasteiger partial charge is 0.366 e. The van der Waals surface area contributed by atoms with Gasteiger partial charge < -0.3 is 5.73 Å². The van der Waals surface area contributed by atoms with Gasteiger partial charge in [-0.25, -0.2) is 5.84 Å². The zero-order valence-electron chi connectivity index (χ0n) is 10.0. The van der Waals surface area contributed by atoms with Gasteiger partial charge in [0.15, 0.2) is 0 Å². The standard InChI is InChI=1S/C12H13N5O2/c13-11(18)10-5-15-17(7-10)6-8-1-3-9(4-2-8)12(19)16-14/h1-5,7H,6,14H2,(H2,13,18)(H,16,19). The molecule has 2 aromatic rings. The summed E-state index contributed by atoms with van der Waals surface area (Å²) in [7, 11) is 0.